The van der Waals surface area contributed by atoms with E-state index in [-0.39, 0.29) is 6.10 Å². The fourth-order valence-electron chi connectivity index (χ4n) is 3.84. The molecular weight excluding hydrogens is 334 g/mol. The first-order valence-corrected chi connectivity index (χ1v) is 9.50. The molecule has 0 aromatic carbocycles. The summed E-state index contributed by atoms with van der Waals surface area (Å²) in [6.07, 6.45) is 8.17. The highest BCUT2D eigenvalue weighted by Gasteiger charge is 2.27. The number of nitrogens with zero attached hydrogens (tertiary/aromatic N) is 5. The van der Waals surface area contributed by atoms with Crippen LogP contribution >= 0.6 is 0 Å². The van der Waals surface area contributed by atoms with Gasteiger partial charge in [0.25, 0.3) is 5.89 Å². The van der Waals surface area contributed by atoms with Gasteiger partial charge in [0.15, 0.2) is 5.82 Å². The maximum Gasteiger partial charge on any atom is 0.255 e. The molecule has 8 heteroatoms. The summed E-state index contributed by atoms with van der Waals surface area (Å²) in [5.41, 5.74) is 0. The first-order valence-electron chi connectivity index (χ1n) is 9.50. The Kier molecular flexibility index (Phi) is 5.62. The molecule has 8 nitrogen and oxygen atoms in total. The first-order chi connectivity index (χ1) is 12.8. The standard InChI is InChI=1S/C18H27N5O3/c1-24-12-10-23-9-6-19-17(23)14-4-7-22(8-5-14)13-16-20-18(26-21-16)15-3-2-11-25-15/h6,9,14-15H,2-5,7-8,10-13H2,1H3/t15-/m0/s1. The Morgan fingerprint density at radius 2 is 2.15 bits per heavy atom. The van der Waals surface area contributed by atoms with E-state index in [9.17, 15) is 0 Å². The van der Waals surface area contributed by atoms with E-state index in [0.717, 1.165) is 64.3 Å². The van der Waals surface area contributed by atoms with Gasteiger partial charge in [-0.2, -0.15) is 4.98 Å². The van der Waals surface area contributed by atoms with Gasteiger partial charge in [-0.05, 0) is 38.8 Å². The van der Waals surface area contributed by atoms with Crippen LogP contribution in [0.4, 0.5) is 0 Å². The second-order valence-electron chi connectivity index (χ2n) is 7.07. The van der Waals surface area contributed by atoms with Crippen LogP contribution in [-0.4, -0.2) is 58.0 Å². The second kappa shape index (κ2) is 8.28. The van der Waals surface area contributed by atoms with E-state index in [4.69, 9.17) is 14.0 Å². The maximum atomic E-state index is 5.61. The smallest absolute Gasteiger partial charge is 0.255 e. The summed E-state index contributed by atoms with van der Waals surface area (Å²) in [6.45, 7) is 5.14. The number of rotatable bonds is 7. The van der Waals surface area contributed by atoms with Gasteiger partial charge in [0, 0.05) is 38.6 Å². The van der Waals surface area contributed by atoms with Gasteiger partial charge in [-0.1, -0.05) is 5.16 Å². The molecule has 26 heavy (non-hydrogen) atoms. The van der Waals surface area contributed by atoms with Gasteiger partial charge in [-0.3, -0.25) is 4.90 Å². The minimum atomic E-state index is -0.00653. The topological polar surface area (TPSA) is 78.4 Å². The van der Waals surface area contributed by atoms with Crippen LogP contribution in [0.3, 0.4) is 0 Å². The zero-order valence-corrected chi connectivity index (χ0v) is 15.3. The molecule has 142 valence electrons. The molecule has 1 atom stereocenters. The minimum Gasteiger partial charge on any atom is -0.383 e. The molecule has 0 aliphatic carbocycles. The van der Waals surface area contributed by atoms with Crippen LogP contribution in [0.25, 0.3) is 0 Å². The number of aromatic nitrogens is 4. The lowest BCUT2D eigenvalue weighted by Crippen LogP contribution is -2.33. The molecule has 0 amide bonds. The Labute approximate surface area is 153 Å². The zero-order chi connectivity index (χ0) is 17.8. The Morgan fingerprint density at radius 3 is 2.92 bits per heavy atom. The van der Waals surface area contributed by atoms with Gasteiger partial charge in [-0.25, -0.2) is 4.98 Å². The summed E-state index contributed by atoms with van der Waals surface area (Å²) >= 11 is 0. The summed E-state index contributed by atoms with van der Waals surface area (Å²) < 4.78 is 18.4. The second-order valence-corrected chi connectivity index (χ2v) is 7.07. The van der Waals surface area contributed by atoms with Crippen molar-refractivity contribution in [3.8, 4) is 0 Å². The van der Waals surface area contributed by atoms with Crippen molar-refractivity contribution in [1.29, 1.82) is 0 Å². The van der Waals surface area contributed by atoms with Crippen LogP contribution < -0.4 is 0 Å². The summed E-state index contributed by atoms with van der Waals surface area (Å²) in [4.78, 5) is 11.5. The monoisotopic (exact) mass is 361 g/mol. The van der Waals surface area contributed by atoms with Gasteiger partial charge in [0.05, 0.1) is 13.2 Å². The van der Waals surface area contributed by atoms with Gasteiger partial charge in [-0.15, -0.1) is 0 Å². The molecule has 2 aliphatic heterocycles. The number of hydrogen-bond donors (Lipinski definition) is 0. The quantitative estimate of drug-likeness (QED) is 0.747. The molecule has 2 aromatic heterocycles. The average molecular weight is 361 g/mol. The highest BCUT2D eigenvalue weighted by atomic mass is 16.5. The van der Waals surface area contributed by atoms with E-state index in [1.807, 2.05) is 12.4 Å². The largest absolute Gasteiger partial charge is 0.383 e. The summed E-state index contributed by atoms with van der Waals surface area (Å²) in [5, 5.41) is 4.13. The number of methoxy groups -OCH3 is 1. The minimum absolute atomic E-state index is 0.00653. The number of likely N-dealkylation sites (tertiary alicyclic amines) is 1. The third-order valence-electron chi connectivity index (χ3n) is 5.29. The Hall–Kier alpha value is -1.77. The fourth-order valence-corrected chi connectivity index (χ4v) is 3.84. The third-order valence-corrected chi connectivity index (χ3v) is 5.29. The van der Waals surface area contributed by atoms with Gasteiger partial charge < -0.3 is 18.6 Å². The highest BCUT2D eigenvalue weighted by molar-refractivity contribution is 5.03. The first kappa shape index (κ1) is 17.6. The van der Waals surface area contributed by atoms with E-state index in [1.54, 1.807) is 7.11 Å². The van der Waals surface area contributed by atoms with Crippen molar-refractivity contribution in [1.82, 2.24) is 24.6 Å². The fraction of sp³-hybridized carbons (Fsp3) is 0.722. The molecule has 0 radical (unpaired) electrons. The lowest BCUT2D eigenvalue weighted by atomic mass is 9.96. The normalized spacial score (nSPS) is 22.3. The predicted molar refractivity (Wildman–Crippen MR) is 93.6 cm³/mol. The van der Waals surface area contributed by atoms with Crippen LogP contribution in [0.5, 0.6) is 0 Å². The van der Waals surface area contributed by atoms with Gasteiger partial charge >= 0.3 is 0 Å². The number of hydrogen-bond acceptors (Lipinski definition) is 7. The molecule has 0 bridgehead atoms. The molecule has 0 N–H and O–H groups in total. The maximum absolute atomic E-state index is 5.61. The summed E-state index contributed by atoms with van der Waals surface area (Å²) in [5.74, 6) is 3.08. The van der Waals surface area contributed by atoms with E-state index in [2.05, 4.69) is 24.6 Å². The van der Waals surface area contributed by atoms with E-state index in [1.165, 1.54) is 5.82 Å². The van der Waals surface area contributed by atoms with Crippen LogP contribution in [0, 0.1) is 0 Å². The van der Waals surface area contributed by atoms with Gasteiger partial charge in [0.1, 0.15) is 11.9 Å². The molecule has 2 saturated heterocycles. The molecular formula is C18H27N5O3. The Morgan fingerprint density at radius 1 is 1.27 bits per heavy atom. The molecule has 0 unspecified atom stereocenters. The van der Waals surface area contributed by atoms with Crippen LogP contribution in [0.2, 0.25) is 0 Å². The lowest BCUT2D eigenvalue weighted by molar-refractivity contribution is 0.0835. The van der Waals surface area contributed by atoms with Crippen LogP contribution in [-0.2, 0) is 22.6 Å². The lowest BCUT2D eigenvalue weighted by Gasteiger charge is -2.31. The molecule has 0 spiro atoms. The van der Waals surface area contributed by atoms with Crippen LogP contribution in [0.1, 0.15) is 55.2 Å². The molecule has 2 aliphatic rings. The van der Waals surface area contributed by atoms with Crippen molar-refractivity contribution in [3.05, 3.63) is 29.9 Å². The molecule has 4 rings (SSSR count). The molecule has 0 saturated carbocycles. The van der Waals surface area contributed by atoms with Crippen molar-refractivity contribution in [3.63, 3.8) is 0 Å². The van der Waals surface area contributed by atoms with Crippen molar-refractivity contribution < 1.29 is 14.0 Å². The zero-order valence-electron chi connectivity index (χ0n) is 15.3. The summed E-state index contributed by atoms with van der Waals surface area (Å²) in [6, 6.07) is 0. The van der Waals surface area contributed by atoms with Crippen LogP contribution in [0.15, 0.2) is 16.9 Å². The predicted octanol–water partition coefficient (Wildman–Crippen LogP) is 2.14. The van der Waals surface area contributed by atoms with Crippen molar-refractivity contribution in [2.75, 3.05) is 33.4 Å². The van der Waals surface area contributed by atoms with E-state index < -0.39 is 0 Å². The third kappa shape index (κ3) is 3.97. The molecule has 2 aromatic rings. The number of piperidine rings is 1. The molecule has 4 heterocycles. The highest BCUT2D eigenvalue weighted by Crippen LogP contribution is 2.29. The Balaban J connectivity index is 1.29. The summed E-state index contributed by atoms with van der Waals surface area (Å²) in [7, 11) is 1.73. The number of imidazole rings is 1. The van der Waals surface area contributed by atoms with E-state index >= 15 is 0 Å². The Bertz CT molecular complexity index is 687. The van der Waals surface area contributed by atoms with Crippen molar-refractivity contribution in [2.45, 2.75) is 50.8 Å². The van der Waals surface area contributed by atoms with E-state index in [0.29, 0.717) is 18.4 Å². The van der Waals surface area contributed by atoms with Crippen molar-refractivity contribution >= 4 is 0 Å². The SMILES string of the molecule is COCCn1ccnc1C1CCN(Cc2noc([C@@H]3CCCO3)n2)CC1. The van der Waals surface area contributed by atoms with Gasteiger partial charge in [0.2, 0.25) is 0 Å². The molecule has 2 fully saturated rings. The number of ether oxygens (including phenoxy) is 2. The average Bonchev–Trinajstić information content (AvgIpc) is 3.41. The van der Waals surface area contributed by atoms with Crippen molar-refractivity contribution in [2.24, 2.45) is 0 Å².